The molecule has 2 rings (SSSR count). The molecule has 0 aliphatic carbocycles. The molecule has 2 aromatic rings. The number of halogens is 4. The van der Waals surface area contributed by atoms with Crippen molar-refractivity contribution in [1.29, 1.82) is 0 Å². The second-order valence-corrected chi connectivity index (χ2v) is 3.95. The van der Waals surface area contributed by atoms with Crippen LogP contribution in [-0.4, -0.2) is 9.97 Å². The quantitative estimate of drug-likeness (QED) is 0.878. The standard InChI is InChI=1S/C9H4BrF3N2O/c10-3-1-4-6(5(11)2-3)14-8(7(12)13)15-9(4)16/h1-2,7H,(H,14,15,16). The molecule has 0 spiro atoms. The largest absolute Gasteiger partial charge is 0.305 e. The molecule has 0 bridgehead atoms. The molecule has 1 N–H and O–H groups in total. The van der Waals surface area contributed by atoms with Gasteiger partial charge < -0.3 is 4.98 Å². The number of nitrogens with zero attached hydrogens (tertiary/aromatic N) is 1. The number of fused-ring (bicyclic) bond motifs is 1. The van der Waals surface area contributed by atoms with Crippen molar-refractivity contribution < 1.29 is 13.2 Å². The highest BCUT2D eigenvalue weighted by atomic mass is 79.9. The van der Waals surface area contributed by atoms with Crippen LogP contribution in [0.5, 0.6) is 0 Å². The summed E-state index contributed by atoms with van der Waals surface area (Å²) in [6.45, 7) is 0. The molecule has 0 radical (unpaired) electrons. The average Bonchev–Trinajstić information content (AvgIpc) is 2.19. The second kappa shape index (κ2) is 3.89. The number of nitrogens with one attached hydrogen (secondary N) is 1. The Morgan fingerprint density at radius 1 is 1.38 bits per heavy atom. The number of hydrogen-bond acceptors (Lipinski definition) is 2. The lowest BCUT2D eigenvalue weighted by atomic mass is 10.2. The van der Waals surface area contributed by atoms with Gasteiger partial charge in [0.2, 0.25) is 0 Å². The maximum absolute atomic E-state index is 13.4. The fourth-order valence-corrected chi connectivity index (χ4v) is 1.72. The highest BCUT2D eigenvalue weighted by molar-refractivity contribution is 9.10. The van der Waals surface area contributed by atoms with E-state index in [0.717, 1.165) is 6.07 Å². The zero-order valence-corrected chi connectivity index (χ0v) is 9.19. The minimum absolute atomic E-state index is 0.0729. The molecule has 0 saturated carbocycles. The van der Waals surface area contributed by atoms with Crippen LogP contribution in [0.2, 0.25) is 0 Å². The van der Waals surface area contributed by atoms with E-state index in [-0.39, 0.29) is 10.9 Å². The minimum atomic E-state index is -2.94. The second-order valence-electron chi connectivity index (χ2n) is 3.04. The van der Waals surface area contributed by atoms with Crippen molar-refractivity contribution >= 4 is 26.8 Å². The van der Waals surface area contributed by atoms with E-state index in [2.05, 4.69) is 20.9 Å². The molecule has 0 aliphatic heterocycles. The van der Waals surface area contributed by atoms with Crippen LogP contribution in [0, 0.1) is 5.82 Å². The molecule has 1 aromatic heterocycles. The average molecular weight is 293 g/mol. The summed E-state index contributed by atoms with van der Waals surface area (Å²) < 4.78 is 38.4. The van der Waals surface area contributed by atoms with Gasteiger partial charge in [0.05, 0.1) is 5.39 Å². The number of hydrogen-bond donors (Lipinski definition) is 1. The molecule has 7 heteroatoms. The molecule has 1 heterocycles. The molecular weight excluding hydrogens is 289 g/mol. The van der Waals surface area contributed by atoms with E-state index < -0.39 is 23.6 Å². The fraction of sp³-hybridized carbons (Fsp3) is 0.111. The van der Waals surface area contributed by atoms with E-state index in [0.29, 0.717) is 4.47 Å². The first-order valence-electron chi connectivity index (χ1n) is 4.16. The molecular formula is C9H4BrF3N2O. The topological polar surface area (TPSA) is 45.8 Å². The summed E-state index contributed by atoms with van der Waals surface area (Å²) in [5, 5.41) is -0.0729. The van der Waals surface area contributed by atoms with Crippen molar-refractivity contribution in [3.8, 4) is 0 Å². The summed E-state index contributed by atoms with van der Waals surface area (Å²) in [4.78, 5) is 16.7. The van der Waals surface area contributed by atoms with Gasteiger partial charge in [0, 0.05) is 4.47 Å². The molecule has 0 atom stereocenters. The van der Waals surface area contributed by atoms with Gasteiger partial charge in [-0.15, -0.1) is 0 Å². The zero-order valence-electron chi connectivity index (χ0n) is 7.60. The molecule has 0 aliphatic rings. The van der Waals surface area contributed by atoms with Crippen molar-refractivity contribution in [2.45, 2.75) is 6.43 Å². The van der Waals surface area contributed by atoms with Gasteiger partial charge >= 0.3 is 0 Å². The van der Waals surface area contributed by atoms with Gasteiger partial charge in [-0.2, -0.15) is 0 Å². The van der Waals surface area contributed by atoms with E-state index in [4.69, 9.17) is 0 Å². The van der Waals surface area contributed by atoms with Gasteiger partial charge in [-0.3, -0.25) is 4.79 Å². The lowest BCUT2D eigenvalue weighted by molar-refractivity contribution is 0.140. The van der Waals surface area contributed by atoms with Crippen molar-refractivity contribution in [2.75, 3.05) is 0 Å². The summed E-state index contributed by atoms with van der Waals surface area (Å²) in [5.74, 6) is -1.66. The van der Waals surface area contributed by atoms with E-state index in [9.17, 15) is 18.0 Å². The van der Waals surface area contributed by atoms with Crippen molar-refractivity contribution in [3.63, 3.8) is 0 Å². The Morgan fingerprint density at radius 3 is 2.69 bits per heavy atom. The number of aromatic nitrogens is 2. The van der Waals surface area contributed by atoms with Crippen molar-refractivity contribution in [3.05, 3.63) is 38.6 Å². The van der Waals surface area contributed by atoms with E-state index in [1.165, 1.54) is 6.07 Å². The Labute approximate surface area is 95.4 Å². The van der Waals surface area contributed by atoms with Crippen LogP contribution in [0.1, 0.15) is 12.2 Å². The first kappa shape index (κ1) is 11.1. The lowest BCUT2D eigenvalue weighted by Gasteiger charge is -2.03. The highest BCUT2D eigenvalue weighted by Gasteiger charge is 2.15. The highest BCUT2D eigenvalue weighted by Crippen LogP contribution is 2.21. The van der Waals surface area contributed by atoms with Crippen LogP contribution in [0.15, 0.2) is 21.4 Å². The Morgan fingerprint density at radius 2 is 2.06 bits per heavy atom. The SMILES string of the molecule is O=c1[nH]c(C(F)F)nc2c(F)cc(Br)cc12. The number of alkyl halides is 2. The van der Waals surface area contributed by atoms with Crippen LogP contribution in [-0.2, 0) is 0 Å². The van der Waals surface area contributed by atoms with Crippen LogP contribution in [0.25, 0.3) is 10.9 Å². The number of H-pyrrole nitrogens is 1. The third-order valence-corrected chi connectivity index (χ3v) is 2.41. The number of aromatic amines is 1. The fourth-order valence-electron chi connectivity index (χ4n) is 1.29. The summed E-state index contributed by atoms with van der Waals surface area (Å²) in [5.41, 5.74) is -1.15. The minimum Gasteiger partial charge on any atom is -0.305 e. The monoisotopic (exact) mass is 292 g/mol. The molecule has 1 aromatic carbocycles. The maximum Gasteiger partial charge on any atom is 0.295 e. The first-order valence-corrected chi connectivity index (χ1v) is 4.95. The van der Waals surface area contributed by atoms with Gasteiger partial charge in [-0.05, 0) is 12.1 Å². The predicted octanol–water partition coefficient (Wildman–Crippen LogP) is 2.76. The Bertz CT molecular complexity index is 611. The normalized spacial score (nSPS) is 11.3. The van der Waals surface area contributed by atoms with E-state index >= 15 is 0 Å². The summed E-state index contributed by atoms with van der Waals surface area (Å²) in [6, 6.07) is 2.38. The molecule has 0 fully saturated rings. The van der Waals surface area contributed by atoms with Crippen LogP contribution < -0.4 is 5.56 Å². The molecule has 0 saturated heterocycles. The Hall–Kier alpha value is -1.37. The smallest absolute Gasteiger partial charge is 0.295 e. The van der Waals surface area contributed by atoms with E-state index in [1.807, 2.05) is 4.98 Å². The third kappa shape index (κ3) is 1.82. The predicted molar refractivity (Wildman–Crippen MR) is 55.0 cm³/mol. The summed E-state index contributed by atoms with van der Waals surface area (Å²) in [7, 11) is 0. The van der Waals surface area contributed by atoms with Gasteiger partial charge in [-0.1, -0.05) is 15.9 Å². The van der Waals surface area contributed by atoms with Gasteiger partial charge in [0.25, 0.3) is 12.0 Å². The van der Waals surface area contributed by atoms with Gasteiger partial charge in [-0.25, -0.2) is 18.2 Å². The zero-order chi connectivity index (χ0) is 11.9. The molecule has 0 amide bonds. The Balaban J connectivity index is 2.87. The summed E-state index contributed by atoms with van der Waals surface area (Å²) in [6.07, 6.45) is -2.94. The van der Waals surface area contributed by atoms with Crippen LogP contribution >= 0.6 is 15.9 Å². The molecule has 84 valence electrons. The molecule has 3 nitrogen and oxygen atoms in total. The van der Waals surface area contributed by atoms with E-state index in [1.54, 1.807) is 0 Å². The number of benzene rings is 1. The van der Waals surface area contributed by atoms with Crippen LogP contribution in [0.3, 0.4) is 0 Å². The van der Waals surface area contributed by atoms with Crippen molar-refractivity contribution in [2.24, 2.45) is 0 Å². The van der Waals surface area contributed by atoms with Gasteiger partial charge in [0.1, 0.15) is 5.52 Å². The van der Waals surface area contributed by atoms with Crippen molar-refractivity contribution in [1.82, 2.24) is 9.97 Å². The Kier molecular flexibility index (Phi) is 2.71. The number of rotatable bonds is 1. The summed E-state index contributed by atoms with van der Waals surface area (Å²) >= 11 is 3.00. The lowest BCUT2D eigenvalue weighted by Crippen LogP contribution is -2.13. The third-order valence-electron chi connectivity index (χ3n) is 1.95. The van der Waals surface area contributed by atoms with Gasteiger partial charge in [0.15, 0.2) is 11.6 Å². The first-order chi connectivity index (χ1) is 7.49. The maximum atomic E-state index is 13.4. The molecule has 16 heavy (non-hydrogen) atoms. The van der Waals surface area contributed by atoms with Crippen LogP contribution in [0.4, 0.5) is 13.2 Å². The molecule has 0 unspecified atom stereocenters.